The van der Waals surface area contributed by atoms with Gasteiger partial charge >= 0.3 is 0 Å². The number of rotatable bonds is 5. The second-order valence-electron chi connectivity index (χ2n) is 5.47. The summed E-state index contributed by atoms with van der Waals surface area (Å²) in [5.41, 5.74) is 0.689. The van der Waals surface area contributed by atoms with Gasteiger partial charge in [-0.3, -0.25) is 0 Å². The van der Waals surface area contributed by atoms with Crippen LogP contribution in [0.3, 0.4) is 0 Å². The number of aryl methyl sites for hydroxylation is 1. The molecule has 3 aromatic rings. The van der Waals surface area contributed by atoms with Crippen LogP contribution in [0, 0.1) is 0 Å². The van der Waals surface area contributed by atoms with E-state index in [1.54, 1.807) is 48.5 Å². The number of aromatic nitrogens is 2. The molecule has 0 bridgehead atoms. The van der Waals surface area contributed by atoms with Crippen LogP contribution in [0.15, 0.2) is 57.9 Å². The third-order valence-electron chi connectivity index (χ3n) is 3.78. The van der Waals surface area contributed by atoms with Crippen molar-refractivity contribution in [3.8, 4) is 23.0 Å². The smallest absolute Gasteiger partial charge is 0.258 e. The van der Waals surface area contributed by atoms with E-state index in [1.807, 2.05) is 0 Å². The van der Waals surface area contributed by atoms with Crippen molar-refractivity contribution in [1.29, 1.82) is 0 Å². The van der Waals surface area contributed by atoms with Gasteiger partial charge in [-0.2, -0.15) is 4.98 Å². The number of ether oxygens (including phenoxy) is 2. The minimum atomic E-state index is -3.38. The first-order valence-electron chi connectivity index (χ1n) is 7.62. The van der Waals surface area contributed by atoms with Gasteiger partial charge in [-0.15, -0.1) is 0 Å². The Labute approximate surface area is 144 Å². The first kappa shape index (κ1) is 15.6. The second kappa shape index (κ2) is 6.21. The summed E-state index contributed by atoms with van der Waals surface area (Å²) in [5.74, 6) is 1.84. The molecular formula is C17H14N2O5S. The molecule has 8 heteroatoms. The van der Waals surface area contributed by atoms with Crippen LogP contribution >= 0.6 is 0 Å². The Morgan fingerprint density at radius 1 is 1.00 bits per heavy atom. The van der Waals surface area contributed by atoms with Gasteiger partial charge in [0.2, 0.25) is 6.79 Å². The summed E-state index contributed by atoms with van der Waals surface area (Å²) in [6.45, 7) is 0.186. The average molecular weight is 358 g/mol. The predicted molar refractivity (Wildman–Crippen MR) is 88.1 cm³/mol. The van der Waals surface area contributed by atoms with Crippen molar-refractivity contribution in [2.24, 2.45) is 0 Å². The molecule has 1 aliphatic heterocycles. The molecule has 0 amide bonds. The maximum absolute atomic E-state index is 12.3. The molecule has 1 aromatic heterocycles. The molecule has 0 saturated carbocycles. The lowest BCUT2D eigenvalue weighted by Crippen LogP contribution is -2.09. The normalized spacial score (nSPS) is 13.1. The fourth-order valence-corrected chi connectivity index (χ4v) is 3.73. The molecule has 7 nitrogen and oxygen atoms in total. The quantitative estimate of drug-likeness (QED) is 0.692. The van der Waals surface area contributed by atoms with Gasteiger partial charge < -0.3 is 14.0 Å². The second-order valence-corrected chi connectivity index (χ2v) is 7.57. The van der Waals surface area contributed by atoms with Crippen molar-refractivity contribution in [2.75, 3.05) is 12.5 Å². The molecule has 0 aliphatic carbocycles. The van der Waals surface area contributed by atoms with Crippen molar-refractivity contribution in [3.05, 3.63) is 54.4 Å². The first-order chi connectivity index (χ1) is 12.1. The molecule has 128 valence electrons. The topological polar surface area (TPSA) is 91.5 Å². The fraction of sp³-hybridized carbons (Fsp3) is 0.176. The molecule has 1 aliphatic rings. The zero-order valence-electron chi connectivity index (χ0n) is 13.1. The number of benzene rings is 2. The van der Waals surface area contributed by atoms with E-state index in [9.17, 15) is 8.42 Å². The summed E-state index contributed by atoms with van der Waals surface area (Å²) in [7, 11) is -3.38. The largest absolute Gasteiger partial charge is 0.454 e. The lowest BCUT2D eigenvalue weighted by Gasteiger charge is -2.01. The molecule has 0 spiro atoms. The average Bonchev–Trinajstić information content (AvgIpc) is 3.29. The molecule has 0 saturated heterocycles. The van der Waals surface area contributed by atoms with Gasteiger partial charge in [0.15, 0.2) is 27.2 Å². The third kappa shape index (κ3) is 3.20. The van der Waals surface area contributed by atoms with Crippen molar-refractivity contribution in [2.45, 2.75) is 11.3 Å². The summed E-state index contributed by atoms with van der Waals surface area (Å²) >= 11 is 0. The van der Waals surface area contributed by atoms with E-state index in [-0.39, 0.29) is 23.9 Å². The van der Waals surface area contributed by atoms with E-state index in [4.69, 9.17) is 14.0 Å². The third-order valence-corrected chi connectivity index (χ3v) is 5.52. The number of fused-ring (bicyclic) bond motifs is 1. The highest BCUT2D eigenvalue weighted by Crippen LogP contribution is 2.35. The van der Waals surface area contributed by atoms with Crippen molar-refractivity contribution in [1.82, 2.24) is 10.1 Å². The van der Waals surface area contributed by atoms with Crippen LogP contribution in [0.25, 0.3) is 11.5 Å². The molecule has 4 rings (SSSR count). The Morgan fingerprint density at radius 3 is 2.64 bits per heavy atom. The number of hydrogen-bond donors (Lipinski definition) is 0. The van der Waals surface area contributed by atoms with Crippen molar-refractivity contribution < 1.29 is 22.4 Å². The summed E-state index contributed by atoms with van der Waals surface area (Å²) in [6, 6.07) is 13.6. The van der Waals surface area contributed by atoms with Crippen LogP contribution < -0.4 is 9.47 Å². The molecule has 25 heavy (non-hydrogen) atoms. The standard InChI is InChI=1S/C17H14N2O5S/c20-25(21,13-4-2-1-3-5-13)9-8-16-18-17(24-19-16)12-6-7-14-15(10-12)23-11-22-14/h1-7,10H,8-9,11H2. The van der Waals surface area contributed by atoms with Gasteiger partial charge in [-0.05, 0) is 30.3 Å². The SMILES string of the molecule is O=S(=O)(CCc1noc(-c2ccc3c(c2)OCO3)n1)c1ccccc1. The molecule has 2 aromatic carbocycles. The molecule has 0 fully saturated rings. The summed E-state index contributed by atoms with van der Waals surface area (Å²) in [4.78, 5) is 4.55. The van der Waals surface area contributed by atoms with Crippen LogP contribution in [0.4, 0.5) is 0 Å². The van der Waals surface area contributed by atoms with Crippen LogP contribution in [-0.4, -0.2) is 31.1 Å². The van der Waals surface area contributed by atoms with E-state index in [0.717, 1.165) is 0 Å². The van der Waals surface area contributed by atoms with Gasteiger partial charge in [0.1, 0.15) is 0 Å². The van der Waals surface area contributed by atoms with Crippen LogP contribution in [0.2, 0.25) is 0 Å². The highest BCUT2D eigenvalue weighted by Gasteiger charge is 2.19. The van der Waals surface area contributed by atoms with Crippen molar-refractivity contribution in [3.63, 3.8) is 0 Å². The van der Waals surface area contributed by atoms with Crippen molar-refractivity contribution >= 4 is 9.84 Å². The van der Waals surface area contributed by atoms with Gasteiger partial charge in [-0.1, -0.05) is 23.4 Å². The van der Waals surface area contributed by atoms with E-state index in [1.165, 1.54) is 0 Å². The predicted octanol–water partition coefficient (Wildman–Crippen LogP) is 2.48. The van der Waals surface area contributed by atoms with Crippen LogP contribution in [0.1, 0.15) is 5.82 Å². The molecule has 0 radical (unpaired) electrons. The minimum Gasteiger partial charge on any atom is -0.454 e. The fourth-order valence-electron chi connectivity index (χ4n) is 2.47. The maximum atomic E-state index is 12.3. The molecule has 0 unspecified atom stereocenters. The summed E-state index contributed by atoms with van der Waals surface area (Å²) < 4.78 is 40.4. The van der Waals surface area contributed by atoms with Crippen LogP contribution in [0.5, 0.6) is 11.5 Å². The van der Waals surface area contributed by atoms with Crippen LogP contribution in [-0.2, 0) is 16.3 Å². The van der Waals surface area contributed by atoms with Gasteiger partial charge in [0.25, 0.3) is 5.89 Å². The lowest BCUT2D eigenvalue weighted by atomic mass is 10.2. The zero-order chi connectivity index (χ0) is 17.3. The molecular weight excluding hydrogens is 344 g/mol. The van der Waals surface area contributed by atoms with E-state index < -0.39 is 9.84 Å². The Hall–Kier alpha value is -2.87. The highest BCUT2D eigenvalue weighted by molar-refractivity contribution is 7.91. The summed E-state index contributed by atoms with van der Waals surface area (Å²) in [6.07, 6.45) is 0.172. The number of sulfone groups is 1. The van der Waals surface area contributed by atoms with Gasteiger partial charge in [0.05, 0.1) is 10.6 Å². The van der Waals surface area contributed by atoms with Gasteiger partial charge in [0, 0.05) is 12.0 Å². The van der Waals surface area contributed by atoms with E-state index in [0.29, 0.717) is 28.8 Å². The molecule has 0 atom stereocenters. The Bertz CT molecular complexity index is 999. The maximum Gasteiger partial charge on any atom is 0.258 e. The minimum absolute atomic E-state index is 0.0862. The number of hydrogen-bond acceptors (Lipinski definition) is 7. The van der Waals surface area contributed by atoms with Gasteiger partial charge in [-0.25, -0.2) is 8.42 Å². The molecule has 0 N–H and O–H groups in total. The summed E-state index contributed by atoms with van der Waals surface area (Å²) in [5, 5.41) is 3.86. The van der Waals surface area contributed by atoms with E-state index in [2.05, 4.69) is 10.1 Å². The lowest BCUT2D eigenvalue weighted by molar-refractivity contribution is 0.174. The Kier molecular flexibility index (Phi) is 3.89. The first-order valence-corrected chi connectivity index (χ1v) is 9.27. The highest BCUT2D eigenvalue weighted by atomic mass is 32.2. The van der Waals surface area contributed by atoms with E-state index >= 15 is 0 Å². The Balaban J connectivity index is 1.49. The molecule has 2 heterocycles. The Morgan fingerprint density at radius 2 is 1.80 bits per heavy atom. The monoisotopic (exact) mass is 358 g/mol. The number of nitrogens with zero attached hydrogens (tertiary/aromatic N) is 2. The zero-order valence-corrected chi connectivity index (χ0v) is 13.9.